The number of benzene rings is 2. The molecular weight excluding hydrogens is 254 g/mol. The number of hydrogen-bond acceptors (Lipinski definition) is 3. The van der Waals surface area contributed by atoms with Crippen LogP contribution < -0.4 is 10.1 Å². The van der Waals surface area contributed by atoms with Gasteiger partial charge in [-0.25, -0.2) is 0 Å². The fraction of sp³-hybridized carbons (Fsp3) is 0.188. The zero-order valence-corrected chi connectivity index (χ0v) is 11.1. The highest BCUT2D eigenvalue weighted by Crippen LogP contribution is 2.31. The summed E-state index contributed by atoms with van der Waals surface area (Å²) in [6.07, 6.45) is 5.19. The molecule has 2 rings (SSSR count). The Hall–Kier alpha value is -2.51. The van der Waals surface area contributed by atoms with E-state index in [9.17, 15) is 9.90 Å². The van der Waals surface area contributed by atoms with E-state index in [1.807, 2.05) is 24.3 Å². The Bertz CT molecular complexity index is 673. The number of carboxylic acids is 1. The van der Waals surface area contributed by atoms with Gasteiger partial charge in [0.2, 0.25) is 0 Å². The maximum absolute atomic E-state index is 11.4. The molecule has 0 saturated carbocycles. The Morgan fingerprint density at radius 1 is 1.35 bits per heavy atom. The number of ether oxygens (including phenoxy) is 1. The van der Waals surface area contributed by atoms with Gasteiger partial charge < -0.3 is 9.84 Å². The second-order valence-corrected chi connectivity index (χ2v) is 4.26. The van der Waals surface area contributed by atoms with Crippen molar-refractivity contribution in [1.82, 2.24) is 5.32 Å². The van der Waals surface area contributed by atoms with Crippen LogP contribution in [0.1, 0.15) is 11.6 Å². The van der Waals surface area contributed by atoms with Crippen molar-refractivity contribution in [3.8, 4) is 18.1 Å². The van der Waals surface area contributed by atoms with Crippen LogP contribution in [0.5, 0.6) is 5.75 Å². The third kappa shape index (κ3) is 2.58. The molecule has 20 heavy (non-hydrogen) atoms. The van der Waals surface area contributed by atoms with Crippen molar-refractivity contribution in [2.75, 3.05) is 13.7 Å². The summed E-state index contributed by atoms with van der Waals surface area (Å²) in [5.41, 5.74) is 0.671. The Morgan fingerprint density at radius 3 is 2.65 bits per heavy atom. The van der Waals surface area contributed by atoms with Gasteiger partial charge in [0.15, 0.2) is 0 Å². The largest absolute Gasteiger partial charge is 0.496 e. The van der Waals surface area contributed by atoms with E-state index in [2.05, 4.69) is 11.2 Å². The van der Waals surface area contributed by atoms with Crippen molar-refractivity contribution in [2.45, 2.75) is 6.04 Å². The van der Waals surface area contributed by atoms with Gasteiger partial charge in [-0.3, -0.25) is 10.1 Å². The van der Waals surface area contributed by atoms with E-state index in [0.29, 0.717) is 11.3 Å². The minimum atomic E-state index is -0.962. The van der Waals surface area contributed by atoms with Gasteiger partial charge >= 0.3 is 5.97 Å². The van der Waals surface area contributed by atoms with E-state index in [1.54, 1.807) is 19.2 Å². The number of terminal acetylenes is 1. The van der Waals surface area contributed by atoms with Gasteiger partial charge in [-0.05, 0) is 17.0 Å². The molecule has 0 heterocycles. The fourth-order valence-corrected chi connectivity index (χ4v) is 2.22. The van der Waals surface area contributed by atoms with Crippen LogP contribution in [-0.4, -0.2) is 24.7 Å². The molecule has 0 amide bonds. The van der Waals surface area contributed by atoms with Gasteiger partial charge in [-0.15, -0.1) is 6.42 Å². The molecule has 0 radical (unpaired) electrons. The first kappa shape index (κ1) is 13.9. The normalized spacial score (nSPS) is 11.8. The summed E-state index contributed by atoms with van der Waals surface area (Å²) >= 11 is 0. The monoisotopic (exact) mass is 269 g/mol. The number of methoxy groups -OCH3 is 1. The van der Waals surface area contributed by atoms with E-state index in [4.69, 9.17) is 11.2 Å². The SMILES string of the molecule is C#CCNC(C(=O)O)c1ccc(OC)c2ccccc12. The smallest absolute Gasteiger partial charge is 0.325 e. The van der Waals surface area contributed by atoms with Crippen LogP contribution in [0.25, 0.3) is 10.8 Å². The molecule has 2 aromatic carbocycles. The number of hydrogen-bond donors (Lipinski definition) is 2. The maximum Gasteiger partial charge on any atom is 0.325 e. The number of carboxylic acid groups (broad SMARTS) is 1. The minimum Gasteiger partial charge on any atom is -0.496 e. The first-order chi connectivity index (χ1) is 9.69. The van der Waals surface area contributed by atoms with E-state index in [1.165, 1.54) is 0 Å². The van der Waals surface area contributed by atoms with Gasteiger partial charge in [-0.2, -0.15) is 0 Å². The van der Waals surface area contributed by atoms with Crippen LogP contribution in [0, 0.1) is 12.3 Å². The first-order valence-corrected chi connectivity index (χ1v) is 6.14. The summed E-state index contributed by atoms with van der Waals surface area (Å²) in [5, 5.41) is 13.9. The van der Waals surface area contributed by atoms with Crippen molar-refractivity contribution >= 4 is 16.7 Å². The molecule has 0 fully saturated rings. The predicted molar refractivity (Wildman–Crippen MR) is 77.7 cm³/mol. The Morgan fingerprint density at radius 2 is 2.05 bits per heavy atom. The number of fused-ring (bicyclic) bond motifs is 1. The number of aliphatic carboxylic acids is 1. The van der Waals surface area contributed by atoms with Crippen LogP contribution in [0.15, 0.2) is 36.4 Å². The summed E-state index contributed by atoms with van der Waals surface area (Å²) in [6.45, 7) is 0.192. The van der Waals surface area contributed by atoms with Gasteiger partial charge in [0.05, 0.1) is 13.7 Å². The van der Waals surface area contributed by atoms with Gasteiger partial charge in [0.25, 0.3) is 0 Å². The molecule has 2 N–H and O–H groups in total. The van der Waals surface area contributed by atoms with Gasteiger partial charge in [0.1, 0.15) is 11.8 Å². The van der Waals surface area contributed by atoms with E-state index in [0.717, 1.165) is 10.8 Å². The molecule has 1 unspecified atom stereocenters. The minimum absolute atomic E-state index is 0.192. The quantitative estimate of drug-likeness (QED) is 0.817. The molecule has 0 aliphatic heterocycles. The summed E-state index contributed by atoms with van der Waals surface area (Å²) in [4.78, 5) is 11.4. The molecule has 0 saturated heterocycles. The Balaban J connectivity index is 2.58. The van der Waals surface area contributed by atoms with Crippen molar-refractivity contribution in [3.05, 3.63) is 42.0 Å². The van der Waals surface area contributed by atoms with Crippen LogP contribution in [0.2, 0.25) is 0 Å². The molecule has 1 atom stereocenters. The molecule has 4 nitrogen and oxygen atoms in total. The van der Waals surface area contributed by atoms with Gasteiger partial charge in [-0.1, -0.05) is 36.3 Å². The average molecular weight is 269 g/mol. The summed E-state index contributed by atoms with van der Waals surface area (Å²) < 4.78 is 5.30. The molecule has 4 heteroatoms. The zero-order valence-electron chi connectivity index (χ0n) is 11.1. The number of nitrogens with one attached hydrogen (secondary N) is 1. The molecule has 2 aromatic rings. The lowest BCUT2D eigenvalue weighted by molar-refractivity contribution is -0.139. The second-order valence-electron chi connectivity index (χ2n) is 4.26. The Kier molecular flexibility index (Phi) is 4.24. The lowest BCUT2D eigenvalue weighted by Gasteiger charge is -2.17. The third-order valence-corrected chi connectivity index (χ3v) is 3.10. The van der Waals surface area contributed by atoms with E-state index >= 15 is 0 Å². The fourth-order valence-electron chi connectivity index (χ4n) is 2.22. The lowest BCUT2D eigenvalue weighted by atomic mass is 9.98. The van der Waals surface area contributed by atoms with Crippen molar-refractivity contribution in [3.63, 3.8) is 0 Å². The van der Waals surface area contributed by atoms with Crippen molar-refractivity contribution < 1.29 is 14.6 Å². The molecule has 0 aromatic heterocycles. The van der Waals surface area contributed by atoms with Crippen LogP contribution in [-0.2, 0) is 4.79 Å². The molecule has 102 valence electrons. The van der Waals surface area contributed by atoms with Gasteiger partial charge in [0, 0.05) is 5.39 Å². The van der Waals surface area contributed by atoms with Crippen LogP contribution >= 0.6 is 0 Å². The van der Waals surface area contributed by atoms with Crippen molar-refractivity contribution in [1.29, 1.82) is 0 Å². The number of rotatable bonds is 5. The highest BCUT2D eigenvalue weighted by molar-refractivity contribution is 5.94. The van der Waals surface area contributed by atoms with Crippen LogP contribution in [0.4, 0.5) is 0 Å². The molecule has 0 aliphatic rings. The third-order valence-electron chi connectivity index (χ3n) is 3.10. The standard InChI is InChI=1S/C16H15NO3/c1-3-10-17-15(16(18)19)13-8-9-14(20-2)12-7-5-4-6-11(12)13/h1,4-9,15,17H,10H2,2H3,(H,18,19). The highest BCUT2D eigenvalue weighted by Gasteiger charge is 2.21. The molecule has 0 bridgehead atoms. The zero-order chi connectivity index (χ0) is 14.5. The highest BCUT2D eigenvalue weighted by atomic mass is 16.5. The Labute approximate surface area is 117 Å². The molecule has 0 spiro atoms. The summed E-state index contributed by atoms with van der Waals surface area (Å²) in [6, 6.07) is 10.2. The second kappa shape index (κ2) is 6.09. The first-order valence-electron chi connectivity index (χ1n) is 6.14. The van der Waals surface area contributed by atoms with E-state index in [-0.39, 0.29) is 6.54 Å². The molecule has 0 aliphatic carbocycles. The summed E-state index contributed by atoms with van der Waals surface area (Å²) in [7, 11) is 1.59. The lowest BCUT2D eigenvalue weighted by Crippen LogP contribution is -2.28. The van der Waals surface area contributed by atoms with Crippen LogP contribution in [0.3, 0.4) is 0 Å². The average Bonchev–Trinajstić information content (AvgIpc) is 2.47. The molecular formula is C16H15NO3. The summed E-state index contributed by atoms with van der Waals surface area (Å²) in [5.74, 6) is 2.15. The predicted octanol–water partition coefficient (Wildman–Crippen LogP) is 2.20. The van der Waals surface area contributed by atoms with E-state index < -0.39 is 12.0 Å². The van der Waals surface area contributed by atoms with Crippen molar-refractivity contribution in [2.24, 2.45) is 0 Å². The maximum atomic E-state index is 11.4. The number of carbonyl (C=O) groups is 1. The topological polar surface area (TPSA) is 58.6 Å².